The van der Waals surface area contributed by atoms with Gasteiger partial charge in [0.25, 0.3) is 5.91 Å². The van der Waals surface area contributed by atoms with Crippen LogP contribution in [0.15, 0.2) is 47.0 Å². The lowest BCUT2D eigenvalue weighted by Crippen LogP contribution is -2.44. The van der Waals surface area contributed by atoms with Crippen LogP contribution in [-0.4, -0.2) is 36.4 Å². The summed E-state index contributed by atoms with van der Waals surface area (Å²) in [5, 5.41) is 4.03. The Morgan fingerprint density at radius 2 is 1.89 bits per heavy atom. The molecule has 144 valence electrons. The Morgan fingerprint density at radius 3 is 2.68 bits per heavy atom. The first-order chi connectivity index (χ1) is 13.6. The molecule has 4 rings (SSSR count). The number of aromatic nitrogens is 2. The summed E-state index contributed by atoms with van der Waals surface area (Å²) in [6, 6.07) is 12.7. The molecular weight excluding hydrogens is 362 g/mol. The van der Waals surface area contributed by atoms with E-state index in [0.29, 0.717) is 34.7 Å². The molecule has 0 radical (unpaired) electrons. The van der Waals surface area contributed by atoms with Crippen molar-refractivity contribution in [3.63, 3.8) is 0 Å². The van der Waals surface area contributed by atoms with Crippen LogP contribution in [0.4, 0.5) is 5.69 Å². The van der Waals surface area contributed by atoms with Gasteiger partial charge in [-0.1, -0.05) is 17.3 Å². The third kappa shape index (κ3) is 3.13. The maximum absolute atomic E-state index is 12.6. The number of hydrogen-bond donors (Lipinski definition) is 0. The fraction of sp³-hybridized carbons (Fsp3) is 0.250. The molecule has 0 fully saturated rings. The summed E-state index contributed by atoms with van der Waals surface area (Å²) in [6.07, 6.45) is -0.580. The molecule has 0 saturated carbocycles. The molecule has 1 amide bonds. The number of carbonyl (C=O) groups is 1. The number of fused-ring (bicyclic) bond motifs is 1. The van der Waals surface area contributed by atoms with E-state index >= 15 is 0 Å². The quantitative estimate of drug-likeness (QED) is 0.671. The molecule has 1 atom stereocenters. The SMILES string of the molecule is COc1ccc(-c2noc(CN3C(=O)[C@@H](C)Oc4ccccc43)n2)cc1OC. The second-order valence-corrected chi connectivity index (χ2v) is 6.23. The lowest BCUT2D eigenvalue weighted by molar-refractivity contribution is -0.125. The van der Waals surface area contributed by atoms with Crippen molar-refractivity contribution in [3.05, 3.63) is 48.4 Å². The van der Waals surface area contributed by atoms with Gasteiger partial charge in [0.15, 0.2) is 17.6 Å². The minimum atomic E-state index is -0.580. The average Bonchev–Trinajstić information content (AvgIpc) is 3.19. The van der Waals surface area contributed by atoms with Crippen LogP contribution in [0, 0.1) is 0 Å². The maximum atomic E-state index is 12.6. The van der Waals surface area contributed by atoms with E-state index in [9.17, 15) is 4.79 Å². The minimum absolute atomic E-state index is 0.157. The number of benzene rings is 2. The first-order valence-electron chi connectivity index (χ1n) is 8.72. The van der Waals surface area contributed by atoms with Crippen LogP contribution in [0.5, 0.6) is 17.2 Å². The van der Waals surface area contributed by atoms with E-state index in [4.69, 9.17) is 18.7 Å². The van der Waals surface area contributed by atoms with Gasteiger partial charge in [0.05, 0.1) is 19.9 Å². The number of methoxy groups -OCH3 is 2. The number of rotatable bonds is 5. The predicted octanol–water partition coefficient (Wildman–Crippen LogP) is 3.07. The van der Waals surface area contributed by atoms with Crippen LogP contribution in [0.25, 0.3) is 11.4 Å². The molecule has 0 N–H and O–H groups in total. The Labute approximate surface area is 161 Å². The molecule has 2 heterocycles. The molecule has 1 aliphatic rings. The van der Waals surface area contributed by atoms with Gasteiger partial charge in [-0.2, -0.15) is 4.98 Å². The summed E-state index contributed by atoms with van der Waals surface area (Å²) in [7, 11) is 3.13. The number of hydrogen-bond acceptors (Lipinski definition) is 7. The van der Waals surface area contributed by atoms with Crippen LogP contribution in [0.2, 0.25) is 0 Å². The second kappa shape index (κ2) is 7.22. The molecule has 0 saturated heterocycles. The smallest absolute Gasteiger partial charge is 0.268 e. The third-order valence-electron chi connectivity index (χ3n) is 4.48. The molecule has 3 aromatic rings. The lowest BCUT2D eigenvalue weighted by atomic mass is 10.2. The number of amides is 1. The summed E-state index contributed by atoms with van der Waals surface area (Å²) < 4.78 is 21.6. The molecular formula is C20H19N3O5. The lowest BCUT2D eigenvalue weighted by Gasteiger charge is -2.31. The molecule has 0 aliphatic carbocycles. The highest BCUT2D eigenvalue weighted by molar-refractivity contribution is 5.99. The molecule has 0 bridgehead atoms. The zero-order chi connectivity index (χ0) is 19.7. The van der Waals surface area contributed by atoms with Crippen molar-refractivity contribution >= 4 is 11.6 Å². The second-order valence-electron chi connectivity index (χ2n) is 6.23. The van der Waals surface area contributed by atoms with E-state index < -0.39 is 6.10 Å². The predicted molar refractivity (Wildman–Crippen MR) is 101 cm³/mol. The fourth-order valence-corrected chi connectivity index (χ4v) is 3.07. The Bertz CT molecular complexity index is 1020. The summed E-state index contributed by atoms with van der Waals surface area (Å²) in [4.78, 5) is 18.6. The Kier molecular flexibility index (Phi) is 4.60. The van der Waals surface area contributed by atoms with E-state index in [0.717, 1.165) is 5.56 Å². The highest BCUT2D eigenvalue weighted by atomic mass is 16.5. The van der Waals surface area contributed by atoms with Crippen LogP contribution in [0.1, 0.15) is 12.8 Å². The zero-order valence-electron chi connectivity index (χ0n) is 15.7. The molecule has 0 spiro atoms. The number of nitrogens with zero attached hydrogens (tertiary/aromatic N) is 3. The van der Waals surface area contributed by atoms with E-state index in [1.807, 2.05) is 30.3 Å². The topological polar surface area (TPSA) is 86.9 Å². The van der Waals surface area contributed by atoms with E-state index in [1.165, 1.54) is 0 Å². The first-order valence-corrected chi connectivity index (χ1v) is 8.72. The molecule has 0 unspecified atom stereocenters. The molecule has 28 heavy (non-hydrogen) atoms. The van der Waals surface area contributed by atoms with Crippen LogP contribution >= 0.6 is 0 Å². The number of para-hydroxylation sites is 2. The van der Waals surface area contributed by atoms with E-state index in [-0.39, 0.29) is 12.5 Å². The zero-order valence-corrected chi connectivity index (χ0v) is 15.7. The number of carbonyl (C=O) groups excluding carboxylic acids is 1. The van der Waals surface area contributed by atoms with Gasteiger partial charge in [0, 0.05) is 5.56 Å². The van der Waals surface area contributed by atoms with Crippen molar-refractivity contribution in [2.75, 3.05) is 19.1 Å². The third-order valence-corrected chi connectivity index (χ3v) is 4.48. The van der Waals surface area contributed by atoms with Gasteiger partial charge in [0.1, 0.15) is 12.3 Å². The van der Waals surface area contributed by atoms with Crippen molar-refractivity contribution < 1.29 is 23.5 Å². The molecule has 1 aromatic heterocycles. The summed E-state index contributed by atoms with van der Waals surface area (Å²) in [5.74, 6) is 2.38. The van der Waals surface area contributed by atoms with Crippen molar-refractivity contribution in [3.8, 4) is 28.6 Å². The van der Waals surface area contributed by atoms with Gasteiger partial charge < -0.3 is 18.7 Å². The number of anilines is 1. The highest BCUT2D eigenvalue weighted by Crippen LogP contribution is 2.35. The summed E-state index contributed by atoms with van der Waals surface area (Å²) in [5.41, 5.74) is 1.39. The monoisotopic (exact) mass is 381 g/mol. The first kappa shape index (κ1) is 17.8. The van der Waals surface area contributed by atoms with Crippen LogP contribution in [0.3, 0.4) is 0 Å². The minimum Gasteiger partial charge on any atom is -0.493 e. The van der Waals surface area contributed by atoms with Gasteiger partial charge in [-0.15, -0.1) is 0 Å². The van der Waals surface area contributed by atoms with E-state index in [1.54, 1.807) is 38.2 Å². The standard InChI is InChI=1S/C20H19N3O5/c1-12-20(24)23(14-6-4-5-7-15(14)27-12)11-18-21-19(22-28-18)13-8-9-16(25-2)17(10-13)26-3/h4-10,12H,11H2,1-3H3/t12-/m1/s1. The van der Waals surface area contributed by atoms with Crippen molar-refractivity contribution in [1.29, 1.82) is 0 Å². The van der Waals surface area contributed by atoms with Gasteiger partial charge in [-0.3, -0.25) is 9.69 Å². The summed E-state index contributed by atoms with van der Waals surface area (Å²) in [6.45, 7) is 1.87. The number of ether oxygens (including phenoxy) is 3. The van der Waals surface area contributed by atoms with Gasteiger partial charge in [-0.25, -0.2) is 0 Å². The van der Waals surface area contributed by atoms with Gasteiger partial charge in [0.2, 0.25) is 11.7 Å². The Hall–Kier alpha value is -3.55. The van der Waals surface area contributed by atoms with Gasteiger partial charge >= 0.3 is 0 Å². The highest BCUT2D eigenvalue weighted by Gasteiger charge is 2.32. The van der Waals surface area contributed by atoms with E-state index in [2.05, 4.69) is 10.1 Å². The molecule has 1 aliphatic heterocycles. The normalized spacial score (nSPS) is 15.8. The van der Waals surface area contributed by atoms with Crippen molar-refractivity contribution in [2.24, 2.45) is 0 Å². The Balaban J connectivity index is 1.61. The largest absolute Gasteiger partial charge is 0.493 e. The summed E-state index contributed by atoms with van der Waals surface area (Å²) >= 11 is 0. The molecule has 2 aromatic carbocycles. The van der Waals surface area contributed by atoms with Gasteiger partial charge in [-0.05, 0) is 37.3 Å². The molecule has 8 heteroatoms. The average molecular weight is 381 g/mol. The molecule has 8 nitrogen and oxygen atoms in total. The van der Waals surface area contributed by atoms with Crippen molar-refractivity contribution in [2.45, 2.75) is 19.6 Å². The Morgan fingerprint density at radius 1 is 1.11 bits per heavy atom. The van der Waals surface area contributed by atoms with Crippen LogP contribution < -0.4 is 19.1 Å². The fourth-order valence-electron chi connectivity index (χ4n) is 3.07. The van der Waals surface area contributed by atoms with Crippen LogP contribution in [-0.2, 0) is 11.3 Å². The van der Waals surface area contributed by atoms with Crippen molar-refractivity contribution in [1.82, 2.24) is 10.1 Å². The maximum Gasteiger partial charge on any atom is 0.268 e.